The van der Waals surface area contributed by atoms with Gasteiger partial charge in [-0.25, -0.2) is 14.8 Å². The second kappa shape index (κ2) is 8.44. The molecular weight excluding hydrogens is 406 g/mol. The first-order valence-electron chi connectivity index (χ1n) is 9.85. The fourth-order valence-electron chi connectivity index (χ4n) is 3.48. The van der Waals surface area contributed by atoms with Gasteiger partial charge in [-0.15, -0.1) is 0 Å². The van der Waals surface area contributed by atoms with Crippen molar-refractivity contribution in [3.8, 4) is 22.4 Å². The van der Waals surface area contributed by atoms with E-state index in [-0.39, 0.29) is 18.0 Å². The van der Waals surface area contributed by atoms with Gasteiger partial charge in [0.25, 0.3) is 5.91 Å². The normalized spacial score (nSPS) is 10.8. The Morgan fingerprint density at radius 2 is 1.72 bits per heavy atom. The molecule has 0 aliphatic carbocycles. The van der Waals surface area contributed by atoms with Gasteiger partial charge in [0.1, 0.15) is 12.0 Å². The topological polar surface area (TPSA) is 134 Å². The van der Waals surface area contributed by atoms with Crippen molar-refractivity contribution in [1.82, 2.24) is 15.0 Å². The van der Waals surface area contributed by atoms with Crippen LogP contribution in [0.1, 0.15) is 23.0 Å². The number of H-pyrrole nitrogens is 1. The number of amides is 1. The van der Waals surface area contributed by atoms with Gasteiger partial charge in [0.15, 0.2) is 0 Å². The Morgan fingerprint density at radius 1 is 1.06 bits per heavy atom. The molecule has 0 saturated heterocycles. The second-order valence-electron chi connectivity index (χ2n) is 7.32. The van der Waals surface area contributed by atoms with E-state index in [4.69, 9.17) is 5.73 Å². The fraction of sp³-hybridized carbons (Fsp3) is 0.0833. The van der Waals surface area contributed by atoms with E-state index in [9.17, 15) is 14.7 Å². The Kier molecular flexibility index (Phi) is 5.53. The first-order chi connectivity index (χ1) is 15.4. The van der Waals surface area contributed by atoms with Crippen LogP contribution >= 0.6 is 0 Å². The largest absolute Gasteiger partial charge is 0.478 e. The van der Waals surface area contributed by atoms with Crippen molar-refractivity contribution in [3.05, 3.63) is 78.3 Å². The Morgan fingerprint density at radius 3 is 2.31 bits per heavy atom. The SMILES string of the molecule is C=C(C)C(=O)Nc1ccc(-c2[nH]c3ncnc(CN)c3c2-c2ccc(C(=O)O)cc2)cc1. The molecule has 2 heterocycles. The summed E-state index contributed by atoms with van der Waals surface area (Å²) in [6.07, 6.45) is 1.46. The minimum absolute atomic E-state index is 0.197. The molecule has 8 heteroatoms. The van der Waals surface area contributed by atoms with Crippen LogP contribution in [0.15, 0.2) is 67.0 Å². The lowest BCUT2D eigenvalue weighted by Gasteiger charge is -2.09. The average molecular weight is 427 g/mol. The number of anilines is 1. The van der Waals surface area contributed by atoms with Crippen molar-refractivity contribution in [2.24, 2.45) is 5.73 Å². The summed E-state index contributed by atoms with van der Waals surface area (Å²) in [7, 11) is 0. The zero-order chi connectivity index (χ0) is 22.8. The van der Waals surface area contributed by atoms with Gasteiger partial charge in [-0.2, -0.15) is 0 Å². The number of aromatic amines is 1. The van der Waals surface area contributed by atoms with Crippen molar-refractivity contribution in [3.63, 3.8) is 0 Å². The maximum atomic E-state index is 11.9. The number of fused-ring (bicyclic) bond motifs is 1. The summed E-state index contributed by atoms with van der Waals surface area (Å²) in [5.41, 5.74) is 11.8. The van der Waals surface area contributed by atoms with E-state index in [1.54, 1.807) is 43.3 Å². The molecular formula is C24H21N5O3. The molecule has 0 unspecified atom stereocenters. The average Bonchev–Trinajstić information content (AvgIpc) is 3.19. The van der Waals surface area contributed by atoms with Crippen molar-refractivity contribution in [2.45, 2.75) is 13.5 Å². The van der Waals surface area contributed by atoms with Gasteiger partial charge < -0.3 is 21.1 Å². The third-order valence-corrected chi connectivity index (χ3v) is 5.10. The number of hydrogen-bond donors (Lipinski definition) is 4. The molecule has 8 nitrogen and oxygen atoms in total. The Balaban J connectivity index is 1.86. The summed E-state index contributed by atoms with van der Waals surface area (Å²) in [6, 6.07) is 14.0. The van der Waals surface area contributed by atoms with Crippen LogP contribution in [0.5, 0.6) is 0 Å². The Bertz CT molecular complexity index is 1340. The number of nitrogens with one attached hydrogen (secondary N) is 2. The maximum Gasteiger partial charge on any atom is 0.335 e. The molecule has 0 saturated carbocycles. The minimum Gasteiger partial charge on any atom is -0.478 e. The highest BCUT2D eigenvalue weighted by Gasteiger charge is 2.19. The molecule has 0 aliphatic heterocycles. The summed E-state index contributed by atoms with van der Waals surface area (Å²) < 4.78 is 0. The third kappa shape index (κ3) is 3.86. The molecule has 0 atom stereocenters. The highest BCUT2D eigenvalue weighted by atomic mass is 16.4. The first kappa shape index (κ1) is 21.0. The zero-order valence-corrected chi connectivity index (χ0v) is 17.3. The molecule has 160 valence electrons. The molecule has 0 radical (unpaired) electrons. The molecule has 0 spiro atoms. The molecule has 4 aromatic rings. The standard InChI is InChI=1S/C24H21N5O3/c1-13(2)23(30)28-17-9-7-15(8-10-17)21-19(14-3-5-16(6-4-14)24(31)32)20-18(11-25)26-12-27-22(20)29-21/h3-10,12H,1,11,25H2,2H3,(H,28,30)(H,31,32)(H,26,27,29). The molecule has 0 aliphatic rings. The smallest absolute Gasteiger partial charge is 0.335 e. The van der Waals surface area contributed by atoms with Crippen LogP contribution < -0.4 is 11.1 Å². The van der Waals surface area contributed by atoms with Crippen LogP contribution in [0.25, 0.3) is 33.4 Å². The summed E-state index contributed by atoms with van der Waals surface area (Å²) in [4.78, 5) is 35.2. The number of carbonyl (C=O) groups excluding carboxylic acids is 1. The lowest BCUT2D eigenvalue weighted by atomic mass is 9.97. The summed E-state index contributed by atoms with van der Waals surface area (Å²) in [5.74, 6) is -1.24. The minimum atomic E-state index is -0.992. The first-order valence-corrected chi connectivity index (χ1v) is 9.85. The van der Waals surface area contributed by atoms with Gasteiger partial charge in [-0.05, 0) is 42.3 Å². The van der Waals surface area contributed by atoms with Gasteiger partial charge in [-0.3, -0.25) is 4.79 Å². The van der Waals surface area contributed by atoms with Crippen LogP contribution in [0.3, 0.4) is 0 Å². The quantitative estimate of drug-likeness (QED) is 0.344. The van der Waals surface area contributed by atoms with Gasteiger partial charge in [0, 0.05) is 23.4 Å². The van der Waals surface area contributed by atoms with Crippen molar-refractivity contribution < 1.29 is 14.7 Å². The van der Waals surface area contributed by atoms with E-state index in [2.05, 4.69) is 26.8 Å². The number of nitrogens with zero attached hydrogens (tertiary/aromatic N) is 2. The van der Waals surface area contributed by atoms with E-state index in [1.807, 2.05) is 12.1 Å². The van der Waals surface area contributed by atoms with Crippen LogP contribution in [0.2, 0.25) is 0 Å². The zero-order valence-electron chi connectivity index (χ0n) is 17.3. The third-order valence-electron chi connectivity index (χ3n) is 5.10. The highest BCUT2D eigenvalue weighted by Crippen LogP contribution is 2.39. The molecule has 4 rings (SSSR count). The molecule has 1 amide bonds. The van der Waals surface area contributed by atoms with Crippen LogP contribution in [0.4, 0.5) is 5.69 Å². The number of benzene rings is 2. The fourth-order valence-corrected chi connectivity index (χ4v) is 3.48. The number of rotatable bonds is 6. The van der Waals surface area contributed by atoms with Crippen LogP contribution in [-0.4, -0.2) is 31.9 Å². The van der Waals surface area contributed by atoms with Crippen LogP contribution in [0, 0.1) is 0 Å². The van der Waals surface area contributed by atoms with Gasteiger partial charge in [0.2, 0.25) is 0 Å². The maximum absolute atomic E-state index is 11.9. The molecule has 0 fully saturated rings. The molecule has 0 bridgehead atoms. The van der Waals surface area contributed by atoms with Gasteiger partial charge in [0.05, 0.1) is 22.3 Å². The molecule has 2 aromatic heterocycles. The van der Waals surface area contributed by atoms with Gasteiger partial charge in [-0.1, -0.05) is 30.8 Å². The summed E-state index contributed by atoms with van der Waals surface area (Å²) in [5, 5.41) is 12.8. The van der Waals surface area contributed by atoms with Crippen molar-refractivity contribution in [1.29, 1.82) is 0 Å². The second-order valence-corrected chi connectivity index (χ2v) is 7.32. The lowest BCUT2D eigenvalue weighted by molar-refractivity contribution is -0.112. The van der Waals surface area contributed by atoms with E-state index < -0.39 is 5.97 Å². The molecule has 5 N–H and O–H groups in total. The number of aromatic carboxylic acids is 1. The summed E-state index contributed by atoms with van der Waals surface area (Å²) in [6.45, 7) is 5.51. The Labute approximate surface area is 183 Å². The number of hydrogen-bond acceptors (Lipinski definition) is 5. The number of nitrogens with two attached hydrogens (primary N) is 1. The van der Waals surface area contributed by atoms with E-state index >= 15 is 0 Å². The number of carbonyl (C=O) groups is 2. The molecule has 2 aromatic carbocycles. The van der Waals surface area contributed by atoms with Crippen LogP contribution in [-0.2, 0) is 11.3 Å². The van der Waals surface area contributed by atoms with E-state index in [0.717, 1.165) is 27.8 Å². The van der Waals surface area contributed by atoms with Gasteiger partial charge >= 0.3 is 5.97 Å². The Hall–Kier alpha value is -4.30. The lowest BCUT2D eigenvalue weighted by Crippen LogP contribution is -2.11. The van der Waals surface area contributed by atoms with Crippen molar-refractivity contribution in [2.75, 3.05) is 5.32 Å². The molecule has 32 heavy (non-hydrogen) atoms. The predicted octanol–water partition coefficient (Wildman–Crippen LogP) is 3.96. The number of aromatic nitrogens is 3. The van der Waals surface area contributed by atoms with Crippen molar-refractivity contribution >= 4 is 28.6 Å². The monoisotopic (exact) mass is 427 g/mol. The summed E-state index contributed by atoms with van der Waals surface area (Å²) >= 11 is 0. The van der Waals surface area contributed by atoms with E-state index in [1.165, 1.54) is 6.33 Å². The number of carboxylic acids is 1. The van der Waals surface area contributed by atoms with E-state index in [0.29, 0.717) is 22.6 Å². The predicted molar refractivity (Wildman–Crippen MR) is 123 cm³/mol. The number of carboxylic acid groups (broad SMARTS) is 1. The highest BCUT2D eigenvalue weighted by molar-refractivity contribution is 6.05.